The van der Waals surface area contributed by atoms with Crippen LogP contribution in [0.3, 0.4) is 0 Å². The molecule has 0 saturated heterocycles. The molecule has 2 rings (SSSR count). The summed E-state index contributed by atoms with van der Waals surface area (Å²) in [6.07, 6.45) is 2.36. The fourth-order valence-corrected chi connectivity index (χ4v) is 1.72. The second-order valence-electron chi connectivity index (χ2n) is 4.47. The predicted octanol–water partition coefficient (Wildman–Crippen LogP) is 2.30. The van der Waals surface area contributed by atoms with Gasteiger partial charge in [-0.15, -0.1) is 0 Å². The molecule has 1 heterocycles. The molecule has 0 saturated carbocycles. The number of benzene rings is 1. The first-order valence-corrected chi connectivity index (χ1v) is 6.03. The number of rotatable bonds is 4. The van der Waals surface area contributed by atoms with Gasteiger partial charge in [0.25, 0.3) is 0 Å². The Morgan fingerprint density at radius 2 is 2.25 bits per heavy atom. The Balaban J connectivity index is 2.10. The van der Waals surface area contributed by atoms with Gasteiger partial charge in [0, 0.05) is 5.69 Å². The van der Waals surface area contributed by atoms with Crippen LogP contribution in [0.15, 0.2) is 36.7 Å². The van der Waals surface area contributed by atoms with Crippen LogP contribution in [0.4, 0.5) is 11.4 Å². The highest BCUT2D eigenvalue weighted by Gasteiger charge is 2.19. The summed E-state index contributed by atoms with van der Waals surface area (Å²) in [6.45, 7) is 3.55. The van der Waals surface area contributed by atoms with Crippen LogP contribution in [0.25, 0.3) is 0 Å². The SMILES string of the molecule is Cc1cccc(NC(=O)[C@H](C)n2cc([N+](=O)[O-])cn2)c1. The summed E-state index contributed by atoms with van der Waals surface area (Å²) in [5, 5.41) is 17.2. The van der Waals surface area contributed by atoms with Gasteiger partial charge in [0.2, 0.25) is 5.91 Å². The van der Waals surface area contributed by atoms with Gasteiger partial charge in [0.1, 0.15) is 18.4 Å². The van der Waals surface area contributed by atoms with E-state index in [1.54, 1.807) is 13.0 Å². The lowest BCUT2D eigenvalue weighted by molar-refractivity contribution is -0.385. The van der Waals surface area contributed by atoms with Crippen molar-refractivity contribution in [3.63, 3.8) is 0 Å². The van der Waals surface area contributed by atoms with E-state index in [0.717, 1.165) is 11.8 Å². The van der Waals surface area contributed by atoms with Crippen LogP contribution in [0.1, 0.15) is 18.5 Å². The molecule has 1 aromatic carbocycles. The minimum absolute atomic E-state index is 0.139. The Morgan fingerprint density at radius 3 is 2.85 bits per heavy atom. The van der Waals surface area contributed by atoms with Gasteiger partial charge in [-0.1, -0.05) is 12.1 Å². The van der Waals surface area contributed by atoms with Crippen molar-refractivity contribution >= 4 is 17.3 Å². The van der Waals surface area contributed by atoms with Crippen molar-refractivity contribution in [1.29, 1.82) is 0 Å². The van der Waals surface area contributed by atoms with E-state index >= 15 is 0 Å². The summed E-state index contributed by atoms with van der Waals surface area (Å²) in [6, 6.07) is 6.76. The molecular weight excluding hydrogens is 260 g/mol. The van der Waals surface area contributed by atoms with E-state index in [-0.39, 0.29) is 11.6 Å². The van der Waals surface area contributed by atoms with E-state index in [2.05, 4.69) is 10.4 Å². The first-order valence-electron chi connectivity index (χ1n) is 6.03. The van der Waals surface area contributed by atoms with Crippen LogP contribution in [0, 0.1) is 17.0 Å². The number of anilines is 1. The van der Waals surface area contributed by atoms with Gasteiger partial charge in [0.05, 0.1) is 4.92 Å². The molecule has 1 aromatic heterocycles. The molecule has 0 fully saturated rings. The summed E-state index contributed by atoms with van der Waals surface area (Å²) in [4.78, 5) is 22.1. The summed E-state index contributed by atoms with van der Waals surface area (Å²) < 4.78 is 1.27. The smallest absolute Gasteiger partial charge is 0.307 e. The summed E-state index contributed by atoms with van der Waals surface area (Å²) in [7, 11) is 0. The molecule has 1 amide bonds. The standard InChI is InChI=1S/C13H14N4O3/c1-9-4-3-5-11(6-9)15-13(18)10(2)16-8-12(7-14-16)17(19)20/h3-8,10H,1-2H3,(H,15,18)/t10-/m0/s1. The van der Waals surface area contributed by atoms with Crippen LogP contribution < -0.4 is 5.32 Å². The molecule has 1 atom stereocenters. The van der Waals surface area contributed by atoms with E-state index in [1.165, 1.54) is 10.9 Å². The molecule has 7 heteroatoms. The first-order chi connectivity index (χ1) is 9.47. The zero-order valence-corrected chi connectivity index (χ0v) is 11.1. The number of carbonyl (C=O) groups excluding carboxylic acids is 1. The molecular formula is C13H14N4O3. The van der Waals surface area contributed by atoms with E-state index < -0.39 is 11.0 Å². The number of nitro groups is 1. The average molecular weight is 274 g/mol. The molecule has 0 aliphatic heterocycles. The van der Waals surface area contributed by atoms with Crippen LogP contribution in [-0.2, 0) is 4.79 Å². The third-order valence-electron chi connectivity index (χ3n) is 2.86. The number of hydrogen-bond donors (Lipinski definition) is 1. The monoisotopic (exact) mass is 274 g/mol. The predicted molar refractivity (Wildman–Crippen MR) is 73.4 cm³/mol. The third kappa shape index (κ3) is 3.00. The van der Waals surface area contributed by atoms with Crippen LogP contribution >= 0.6 is 0 Å². The van der Waals surface area contributed by atoms with Crippen molar-refractivity contribution < 1.29 is 9.72 Å². The molecule has 0 unspecified atom stereocenters. The molecule has 1 N–H and O–H groups in total. The molecule has 104 valence electrons. The average Bonchev–Trinajstić information content (AvgIpc) is 2.87. The number of nitrogens with zero attached hydrogens (tertiary/aromatic N) is 3. The lowest BCUT2D eigenvalue weighted by atomic mass is 10.2. The molecule has 0 aliphatic carbocycles. The van der Waals surface area contributed by atoms with Gasteiger partial charge >= 0.3 is 5.69 Å². The summed E-state index contributed by atoms with van der Waals surface area (Å²) in [5.74, 6) is -0.284. The molecule has 0 radical (unpaired) electrons. The van der Waals surface area contributed by atoms with Crippen molar-refractivity contribution in [2.24, 2.45) is 0 Å². The van der Waals surface area contributed by atoms with E-state index in [9.17, 15) is 14.9 Å². The second kappa shape index (κ2) is 5.52. The first kappa shape index (κ1) is 13.7. The second-order valence-corrected chi connectivity index (χ2v) is 4.47. The summed E-state index contributed by atoms with van der Waals surface area (Å²) >= 11 is 0. The number of hydrogen-bond acceptors (Lipinski definition) is 4. The highest BCUT2D eigenvalue weighted by Crippen LogP contribution is 2.16. The van der Waals surface area contributed by atoms with E-state index in [0.29, 0.717) is 5.69 Å². The lowest BCUT2D eigenvalue weighted by Gasteiger charge is -2.12. The highest BCUT2D eigenvalue weighted by atomic mass is 16.6. The Morgan fingerprint density at radius 1 is 1.50 bits per heavy atom. The fourth-order valence-electron chi connectivity index (χ4n) is 1.72. The Labute approximate surface area is 115 Å². The maximum atomic E-state index is 12.1. The third-order valence-corrected chi connectivity index (χ3v) is 2.86. The van der Waals surface area contributed by atoms with Crippen LogP contribution in [0.5, 0.6) is 0 Å². The largest absolute Gasteiger partial charge is 0.324 e. The number of amides is 1. The number of aryl methyl sites for hydroxylation is 1. The Kier molecular flexibility index (Phi) is 3.79. The number of carbonyl (C=O) groups is 1. The zero-order chi connectivity index (χ0) is 14.7. The molecule has 2 aromatic rings. The maximum absolute atomic E-state index is 12.1. The molecule has 0 spiro atoms. The number of aromatic nitrogens is 2. The van der Waals surface area contributed by atoms with E-state index in [1.807, 2.05) is 25.1 Å². The van der Waals surface area contributed by atoms with Crippen molar-refractivity contribution in [1.82, 2.24) is 9.78 Å². The molecule has 20 heavy (non-hydrogen) atoms. The zero-order valence-electron chi connectivity index (χ0n) is 11.1. The molecule has 0 bridgehead atoms. The Bertz CT molecular complexity index is 651. The van der Waals surface area contributed by atoms with Gasteiger partial charge in [-0.2, -0.15) is 5.10 Å². The minimum Gasteiger partial charge on any atom is -0.324 e. The fraction of sp³-hybridized carbons (Fsp3) is 0.231. The summed E-state index contributed by atoms with van der Waals surface area (Å²) in [5.41, 5.74) is 1.58. The van der Waals surface area contributed by atoms with Crippen LogP contribution in [-0.4, -0.2) is 20.6 Å². The van der Waals surface area contributed by atoms with Gasteiger partial charge < -0.3 is 5.32 Å². The van der Waals surface area contributed by atoms with Crippen LogP contribution in [0.2, 0.25) is 0 Å². The van der Waals surface area contributed by atoms with Crippen molar-refractivity contribution in [3.8, 4) is 0 Å². The normalized spacial score (nSPS) is 11.9. The van der Waals surface area contributed by atoms with E-state index in [4.69, 9.17) is 0 Å². The van der Waals surface area contributed by atoms with Gasteiger partial charge in [-0.05, 0) is 31.5 Å². The van der Waals surface area contributed by atoms with Crippen molar-refractivity contribution in [3.05, 3.63) is 52.3 Å². The van der Waals surface area contributed by atoms with Gasteiger partial charge in [-0.3, -0.25) is 19.6 Å². The quantitative estimate of drug-likeness (QED) is 0.684. The van der Waals surface area contributed by atoms with Gasteiger partial charge in [0.15, 0.2) is 0 Å². The maximum Gasteiger partial charge on any atom is 0.307 e. The molecule has 0 aliphatic rings. The lowest BCUT2D eigenvalue weighted by Crippen LogP contribution is -2.24. The van der Waals surface area contributed by atoms with Crippen molar-refractivity contribution in [2.45, 2.75) is 19.9 Å². The minimum atomic E-state index is -0.635. The van der Waals surface area contributed by atoms with Crippen molar-refractivity contribution in [2.75, 3.05) is 5.32 Å². The Hall–Kier alpha value is -2.70. The topological polar surface area (TPSA) is 90.1 Å². The number of nitrogens with one attached hydrogen (secondary N) is 1. The highest BCUT2D eigenvalue weighted by molar-refractivity contribution is 5.93. The van der Waals surface area contributed by atoms with Gasteiger partial charge in [-0.25, -0.2) is 0 Å². The molecule has 7 nitrogen and oxygen atoms in total.